The van der Waals surface area contributed by atoms with Crippen molar-refractivity contribution in [3.8, 4) is 0 Å². The second-order valence-corrected chi connectivity index (χ2v) is 8.06. The molecule has 1 aliphatic heterocycles. The lowest BCUT2D eigenvalue weighted by molar-refractivity contribution is -0.127. The van der Waals surface area contributed by atoms with Gasteiger partial charge in [0.1, 0.15) is 5.82 Å². The molecule has 3 rings (SSSR count). The number of hydrogen-bond donors (Lipinski definition) is 1. The molecule has 3 amide bonds. The summed E-state index contributed by atoms with van der Waals surface area (Å²) in [4.78, 5) is 29.8. The highest BCUT2D eigenvalue weighted by Crippen LogP contribution is 2.35. The van der Waals surface area contributed by atoms with Gasteiger partial charge in [0.15, 0.2) is 0 Å². The Kier molecular flexibility index (Phi) is 6.61. The largest absolute Gasteiger partial charge is 0.339 e. The number of carbonyl (C=O) groups is 2. The van der Waals surface area contributed by atoms with Crippen LogP contribution in [-0.2, 0) is 4.79 Å². The van der Waals surface area contributed by atoms with Gasteiger partial charge < -0.3 is 10.2 Å². The molecule has 1 heterocycles. The quantitative estimate of drug-likeness (QED) is 0.639. The SMILES string of the molecule is CCN(CC)C(=O)C1=C(C)N(c2ccc(C)cc2)C(=O)N[C@@H]1c1ccc(F)c(Br)c1. The summed E-state index contributed by atoms with van der Waals surface area (Å²) < 4.78 is 14.1. The minimum Gasteiger partial charge on any atom is -0.339 e. The number of amides is 3. The molecular weight excluding hydrogens is 449 g/mol. The van der Waals surface area contributed by atoms with Gasteiger partial charge in [-0.25, -0.2) is 9.18 Å². The van der Waals surface area contributed by atoms with E-state index in [9.17, 15) is 14.0 Å². The van der Waals surface area contributed by atoms with E-state index in [-0.39, 0.29) is 16.4 Å². The number of hydrogen-bond acceptors (Lipinski definition) is 2. The summed E-state index contributed by atoms with van der Waals surface area (Å²) in [5, 5.41) is 2.95. The maximum atomic E-state index is 13.8. The Labute approximate surface area is 184 Å². The van der Waals surface area contributed by atoms with Crippen molar-refractivity contribution >= 4 is 33.6 Å². The highest BCUT2D eigenvalue weighted by Gasteiger charge is 2.37. The first-order valence-corrected chi connectivity index (χ1v) is 10.7. The zero-order valence-corrected chi connectivity index (χ0v) is 19.1. The smallest absolute Gasteiger partial charge is 0.326 e. The number of rotatable bonds is 5. The van der Waals surface area contributed by atoms with E-state index in [0.29, 0.717) is 35.6 Å². The Bertz CT molecular complexity index is 1000. The molecule has 0 fully saturated rings. The molecule has 1 atom stereocenters. The molecule has 1 N–H and O–H groups in total. The number of nitrogens with one attached hydrogen (secondary N) is 1. The predicted octanol–water partition coefficient (Wildman–Crippen LogP) is 5.31. The fourth-order valence-corrected chi connectivity index (χ4v) is 4.04. The van der Waals surface area contributed by atoms with Crippen LogP contribution in [-0.4, -0.2) is 29.9 Å². The Morgan fingerprint density at radius 1 is 1.13 bits per heavy atom. The highest BCUT2D eigenvalue weighted by atomic mass is 79.9. The van der Waals surface area contributed by atoms with Gasteiger partial charge in [0, 0.05) is 18.8 Å². The highest BCUT2D eigenvalue weighted by molar-refractivity contribution is 9.10. The molecule has 5 nitrogen and oxygen atoms in total. The van der Waals surface area contributed by atoms with Crippen molar-refractivity contribution in [2.24, 2.45) is 0 Å². The molecule has 0 bridgehead atoms. The van der Waals surface area contributed by atoms with Crippen LogP contribution >= 0.6 is 15.9 Å². The summed E-state index contributed by atoms with van der Waals surface area (Å²) in [6.07, 6.45) is 0. The number of allylic oxidation sites excluding steroid dienone is 1. The maximum Gasteiger partial charge on any atom is 0.326 e. The number of benzene rings is 2. The van der Waals surface area contributed by atoms with E-state index in [0.717, 1.165) is 5.56 Å². The predicted molar refractivity (Wildman–Crippen MR) is 120 cm³/mol. The molecule has 2 aromatic carbocycles. The Hall–Kier alpha value is -2.67. The van der Waals surface area contributed by atoms with E-state index in [1.807, 2.05) is 45.0 Å². The molecule has 0 saturated heterocycles. The Morgan fingerprint density at radius 3 is 2.33 bits per heavy atom. The van der Waals surface area contributed by atoms with Crippen molar-refractivity contribution in [1.82, 2.24) is 10.2 Å². The van der Waals surface area contributed by atoms with Crippen LogP contribution in [0.2, 0.25) is 0 Å². The summed E-state index contributed by atoms with van der Waals surface area (Å²) in [7, 11) is 0. The summed E-state index contributed by atoms with van der Waals surface area (Å²) in [6, 6.07) is 11.1. The van der Waals surface area contributed by atoms with Gasteiger partial charge in [-0.05, 0) is 73.5 Å². The van der Waals surface area contributed by atoms with Crippen LogP contribution in [0.4, 0.5) is 14.9 Å². The first-order valence-electron chi connectivity index (χ1n) is 9.90. The van der Waals surface area contributed by atoms with Crippen LogP contribution in [0.3, 0.4) is 0 Å². The van der Waals surface area contributed by atoms with Crippen LogP contribution in [0.15, 0.2) is 58.2 Å². The van der Waals surface area contributed by atoms with E-state index >= 15 is 0 Å². The standard InChI is InChI=1S/C23H25BrFN3O2/c1-5-27(6-2)22(29)20-15(4)28(17-10-7-14(3)8-11-17)23(30)26-21(20)16-9-12-19(25)18(24)13-16/h7-13,21H,5-6H2,1-4H3,(H,26,30)/t21-/m1/s1. The summed E-state index contributed by atoms with van der Waals surface area (Å²) >= 11 is 3.20. The fraction of sp³-hybridized carbons (Fsp3) is 0.304. The normalized spacial score (nSPS) is 16.5. The van der Waals surface area contributed by atoms with Crippen LogP contribution < -0.4 is 10.2 Å². The van der Waals surface area contributed by atoms with Crippen molar-refractivity contribution in [3.05, 3.63) is 75.2 Å². The average molecular weight is 474 g/mol. The number of anilines is 1. The first kappa shape index (κ1) is 22.0. The lowest BCUT2D eigenvalue weighted by atomic mass is 9.93. The number of carbonyl (C=O) groups excluding carboxylic acids is 2. The van der Waals surface area contributed by atoms with Crippen molar-refractivity contribution in [3.63, 3.8) is 0 Å². The molecule has 1 aliphatic rings. The zero-order chi connectivity index (χ0) is 22.0. The third-order valence-electron chi connectivity index (χ3n) is 5.34. The number of likely N-dealkylation sites (N-methyl/N-ethyl adjacent to an activating group) is 1. The lowest BCUT2D eigenvalue weighted by Crippen LogP contribution is -2.50. The van der Waals surface area contributed by atoms with Gasteiger partial charge in [-0.1, -0.05) is 23.8 Å². The van der Waals surface area contributed by atoms with Gasteiger partial charge in [0.25, 0.3) is 5.91 Å². The zero-order valence-electron chi connectivity index (χ0n) is 17.5. The number of urea groups is 1. The van der Waals surface area contributed by atoms with Crippen LogP contribution in [0, 0.1) is 12.7 Å². The summed E-state index contributed by atoms with van der Waals surface area (Å²) in [6.45, 7) is 8.68. The summed E-state index contributed by atoms with van der Waals surface area (Å²) in [5.41, 5.74) is 3.42. The molecule has 0 radical (unpaired) electrons. The summed E-state index contributed by atoms with van der Waals surface area (Å²) in [5.74, 6) is -0.556. The van der Waals surface area contributed by atoms with Gasteiger partial charge in [0.05, 0.1) is 21.8 Å². The maximum absolute atomic E-state index is 13.8. The van der Waals surface area contributed by atoms with Crippen molar-refractivity contribution in [2.75, 3.05) is 18.0 Å². The second-order valence-electron chi connectivity index (χ2n) is 7.20. The molecule has 0 aromatic heterocycles. The van der Waals surface area contributed by atoms with Gasteiger partial charge in [-0.3, -0.25) is 9.69 Å². The van der Waals surface area contributed by atoms with Crippen molar-refractivity contribution < 1.29 is 14.0 Å². The van der Waals surface area contributed by atoms with E-state index in [1.54, 1.807) is 24.0 Å². The van der Waals surface area contributed by atoms with Gasteiger partial charge in [0.2, 0.25) is 0 Å². The number of aryl methyl sites for hydroxylation is 1. The van der Waals surface area contributed by atoms with Gasteiger partial charge in [-0.15, -0.1) is 0 Å². The molecule has 158 valence electrons. The second kappa shape index (κ2) is 9.00. The van der Waals surface area contributed by atoms with E-state index < -0.39 is 11.9 Å². The third-order valence-corrected chi connectivity index (χ3v) is 5.94. The van der Waals surface area contributed by atoms with E-state index in [1.165, 1.54) is 11.0 Å². The Balaban J connectivity index is 2.17. The minimum absolute atomic E-state index is 0.153. The Morgan fingerprint density at radius 2 is 1.77 bits per heavy atom. The van der Waals surface area contributed by atoms with Crippen molar-refractivity contribution in [2.45, 2.75) is 33.7 Å². The molecule has 0 spiro atoms. The van der Waals surface area contributed by atoms with E-state index in [4.69, 9.17) is 0 Å². The monoisotopic (exact) mass is 473 g/mol. The van der Waals surface area contributed by atoms with Crippen LogP contribution in [0.25, 0.3) is 0 Å². The molecule has 0 unspecified atom stereocenters. The topological polar surface area (TPSA) is 52.7 Å². The minimum atomic E-state index is -0.677. The van der Waals surface area contributed by atoms with Gasteiger partial charge >= 0.3 is 6.03 Å². The molecule has 0 aliphatic carbocycles. The molecule has 2 aromatic rings. The van der Waals surface area contributed by atoms with Crippen LogP contribution in [0.1, 0.15) is 37.9 Å². The third kappa shape index (κ3) is 4.12. The lowest BCUT2D eigenvalue weighted by Gasteiger charge is -2.37. The number of halogens is 2. The van der Waals surface area contributed by atoms with Crippen molar-refractivity contribution in [1.29, 1.82) is 0 Å². The molecular formula is C23H25BrFN3O2. The molecule has 0 saturated carbocycles. The fourth-order valence-electron chi connectivity index (χ4n) is 3.65. The van der Waals surface area contributed by atoms with Gasteiger partial charge in [-0.2, -0.15) is 0 Å². The molecule has 30 heavy (non-hydrogen) atoms. The molecule has 7 heteroatoms. The van der Waals surface area contributed by atoms with Crippen LogP contribution in [0.5, 0.6) is 0 Å². The van der Waals surface area contributed by atoms with E-state index in [2.05, 4.69) is 21.2 Å². The average Bonchev–Trinajstić information content (AvgIpc) is 2.71. The number of nitrogens with zero attached hydrogens (tertiary/aromatic N) is 2. The first-order chi connectivity index (χ1) is 14.3.